The summed E-state index contributed by atoms with van der Waals surface area (Å²) in [6, 6.07) is 10.9. The van der Waals surface area contributed by atoms with Crippen LogP contribution in [-0.2, 0) is 11.3 Å². The lowest BCUT2D eigenvalue weighted by atomic mass is 10.2. The number of imidazole rings is 1. The number of hydrogen-bond donors (Lipinski definition) is 3. The van der Waals surface area contributed by atoms with Gasteiger partial charge in [0.2, 0.25) is 11.9 Å². The molecule has 0 saturated carbocycles. The molecular formula is C22H26Cl3N7O2S. The van der Waals surface area contributed by atoms with Gasteiger partial charge in [-0.3, -0.25) is 9.59 Å². The van der Waals surface area contributed by atoms with Gasteiger partial charge in [0, 0.05) is 37.8 Å². The van der Waals surface area contributed by atoms with Crippen LogP contribution in [0.3, 0.4) is 0 Å². The van der Waals surface area contributed by atoms with Crippen molar-refractivity contribution in [3.8, 4) is 0 Å². The van der Waals surface area contributed by atoms with Crippen molar-refractivity contribution in [3.63, 3.8) is 0 Å². The number of carbonyl (C=O) groups is 2. The zero-order valence-corrected chi connectivity index (χ0v) is 22.5. The second kappa shape index (κ2) is 12.4. The predicted molar refractivity (Wildman–Crippen MR) is 147 cm³/mol. The smallest absolute Gasteiger partial charge is 0.251 e. The van der Waals surface area contributed by atoms with Crippen LogP contribution < -0.4 is 16.0 Å². The van der Waals surface area contributed by atoms with E-state index in [-0.39, 0.29) is 43.2 Å². The van der Waals surface area contributed by atoms with Gasteiger partial charge < -0.3 is 25.4 Å². The van der Waals surface area contributed by atoms with Crippen molar-refractivity contribution in [2.45, 2.75) is 6.54 Å². The monoisotopic (exact) mass is 557 g/mol. The Labute approximate surface area is 224 Å². The number of hydrogen-bond acceptors (Lipinski definition) is 7. The van der Waals surface area contributed by atoms with Crippen molar-refractivity contribution in [3.05, 3.63) is 47.0 Å². The molecule has 0 radical (unpaired) electrons. The van der Waals surface area contributed by atoms with Gasteiger partial charge in [-0.25, -0.2) is 9.97 Å². The molecule has 0 bridgehead atoms. The summed E-state index contributed by atoms with van der Waals surface area (Å²) in [5.41, 5.74) is 2.85. The van der Waals surface area contributed by atoms with E-state index < -0.39 is 0 Å². The van der Waals surface area contributed by atoms with Gasteiger partial charge in [0.25, 0.3) is 5.91 Å². The van der Waals surface area contributed by atoms with Crippen molar-refractivity contribution >= 4 is 91.9 Å². The van der Waals surface area contributed by atoms with E-state index in [1.165, 1.54) is 16.2 Å². The molecule has 3 N–H and O–H groups in total. The molecule has 0 saturated heterocycles. The lowest BCUT2D eigenvalue weighted by Gasteiger charge is -2.11. The maximum atomic E-state index is 12.5. The summed E-state index contributed by atoms with van der Waals surface area (Å²) in [7, 11) is 5.18. The average Bonchev–Trinajstić information content (AvgIpc) is 3.34. The number of rotatable bonds is 8. The first kappa shape index (κ1) is 28.6. The molecule has 13 heteroatoms. The summed E-state index contributed by atoms with van der Waals surface area (Å²) >= 11 is 7.59. The maximum Gasteiger partial charge on any atom is 0.251 e. The van der Waals surface area contributed by atoms with E-state index in [1.807, 2.05) is 35.9 Å². The van der Waals surface area contributed by atoms with Crippen LogP contribution in [0.15, 0.2) is 36.4 Å². The van der Waals surface area contributed by atoms with Gasteiger partial charge in [0.1, 0.15) is 0 Å². The number of amides is 2. The molecule has 188 valence electrons. The maximum absolute atomic E-state index is 12.5. The normalized spacial score (nSPS) is 10.5. The molecule has 0 spiro atoms. The van der Waals surface area contributed by atoms with Crippen LogP contribution in [0.2, 0.25) is 5.02 Å². The van der Waals surface area contributed by atoms with Crippen LogP contribution in [0.25, 0.3) is 21.3 Å². The molecule has 2 amide bonds. The molecular weight excluding hydrogens is 533 g/mol. The van der Waals surface area contributed by atoms with Crippen LogP contribution in [0, 0.1) is 0 Å². The molecule has 9 nitrogen and oxygen atoms in total. The van der Waals surface area contributed by atoms with Gasteiger partial charge in [0.15, 0.2) is 5.13 Å². The van der Waals surface area contributed by atoms with E-state index in [0.717, 1.165) is 22.3 Å². The number of thiazole rings is 1. The molecule has 0 unspecified atom stereocenters. The summed E-state index contributed by atoms with van der Waals surface area (Å²) in [5.74, 6) is 0.129. The van der Waals surface area contributed by atoms with Crippen LogP contribution >= 0.6 is 47.8 Å². The van der Waals surface area contributed by atoms with Gasteiger partial charge >= 0.3 is 0 Å². The topological polar surface area (TPSA) is 104 Å². The van der Waals surface area contributed by atoms with Gasteiger partial charge in [-0.2, -0.15) is 0 Å². The van der Waals surface area contributed by atoms with Gasteiger partial charge in [-0.15, -0.1) is 24.8 Å². The molecule has 0 fully saturated rings. The summed E-state index contributed by atoms with van der Waals surface area (Å²) in [6.07, 6.45) is 0. The van der Waals surface area contributed by atoms with Gasteiger partial charge in [-0.1, -0.05) is 22.9 Å². The Morgan fingerprint density at radius 2 is 1.86 bits per heavy atom. The highest BCUT2D eigenvalue weighted by molar-refractivity contribution is 7.22. The largest absolute Gasteiger partial charge is 0.347 e. The molecule has 0 atom stereocenters. The SMILES string of the molecule is CNCCn1c(Nc2nc3ccc(Cl)cc3s2)nc2cc(C(=O)NCC(=O)N(C)C)ccc21.Cl.Cl. The second-order valence-electron chi connectivity index (χ2n) is 7.62. The number of aromatic nitrogens is 3. The van der Waals surface area contributed by atoms with Crippen molar-refractivity contribution in [1.82, 2.24) is 30.1 Å². The fourth-order valence-electron chi connectivity index (χ4n) is 3.28. The molecule has 4 rings (SSSR count). The van der Waals surface area contributed by atoms with Crippen LogP contribution in [0.5, 0.6) is 0 Å². The summed E-state index contributed by atoms with van der Waals surface area (Å²) in [4.78, 5) is 35.1. The lowest BCUT2D eigenvalue weighted by molar-refractivity contribution is -0.127. The van der Waals surface area contributed by atoms with Crippen LogP contribution in [-0.4, -0.2) is 65.5 Å². The third-order valence-electron chi connectivity index (χ3n) is 5.06. The van der Waals surface area contributed by atoms with Gasteiger partial charge in [-0.05, 0) is 43.4 Å². The fourth-order valence-corrected chi connectivity index (χ4v) is 4.42. The van der Waals surface area contributed by atoms with E-state index in [9.17, 15) is 9.59 Å². The molecule has 2 aromatic heterocycles. The molecule has 2 heterocycles. The summed E-state index contributed by atoms with van der Waals surface area (Å²) in [6.45, 7) is 1.36. The number of fused-ring (bicyclic) bond motifs is 2. The standard InChI is InChI=1S/C22H24ClN7O2S.2ClH/c1-24-8-9-30-17-7-4-13(20(32)25-12-19(31)29(2)3)10-16(17)26-21(30)28-22-27-15-6-5-14(23)11-18(15)33-22;;/h4-7,10-11,24H,8-9,12H2,1-3H3,(H,25,32)(H,26,27,28);2*1H. The highest BCUT2D eigenvalue weighted by Gasteiger charge is 2.16. The zero-order valence-electron chi connectivity index (χ0n) is 19.3. The van der Waals surface area contributed by atoms with E-state index in [2.05, 4.69) is 20.9 Å². The molecule has 0 aliphatic rings. The quantitative estimate of drug-likeness (QED) is 0.303. The van der Waals surface area contributed by atoms with Crippen molar-refractivity contribution in [2.24, 2.45) is 0 Å². The van der Waals surface area contributed by atoms with Crippen molar-refractivity contribution in [1.29, 1.82) is 0 Å². The highest BCUT2D eigenvalue weighted by Crippen LogP contribution is 2.31. The third kappa shape index (κ3) is 6.53. The predicted octanol–water partition coefficient (Wildman–Crippen LogP) is 3.92. The Balaban J connectivity index is 0.00000216. The number of carbonyl (C=O) groups excluding carboxylic acids is 2. The second-order valence-corrected chi connectivity index (χ2v) is 9.09. The molecule has 2 aromatic carbocycles. The minimum Gasteiger partial charge on any atom is -0.347 e. The lowest BCUT2D eigenvalue weighted by Crippen LogP contribution is -2.36. The first-order chi connectivity index (χ1) is 15.9. The molecule has 4 aromatic rings. The summed E-state index contributed by atoms with van der Waals surface area (Å²) in [5, 5.41) is 10.5. The number of nitrogens with one attached hydrogen (secondary N) is 3. The highest BCUT2D eigenvalue weighted by atomic mass is 35.5. The Bertz CT molecular complexity index is 1340. The van der Waals surface area contributed by atoms with E-state index in [4.69, 9.17) is 16.6 Å². The Morgan fingerprint density at radius 3 is 2.57 bits per heavy atom. The number of likely N-dealkylation sites (N-methyl/N-ethyl adjacent to an activating group) is 2. The average molecular weight is 559 g/mol. The minimum absolute atomic E-state index is 0. The van der Waals surface area contributed by atoms with Crippen LogP contribution in [0.1, 0.15) is 10.4 Å². The number of nitrogens with zero attached hydrogens (tertiary/aromatic N) is 4. The first-order valence-corrected chi connectivity index (χ1v) is 11.5. The fraction of sp³-hybridized carbons (Fsp3) is 0.273. The summed E-state index contributed by atoms with van der Waals surface area (Å²) < 4.78 is 3.02. The Hall–Kier alpha value is -2.63. The first-order valence-electron chi connectivity index (χ1n) is 10.3. The van der Waals surface area contributed by atoms with E-state index in [1.54, 1.807) is 26.2 Å². The van der Waals surface area contributed by atoms with E-state index >= 15 is 0 Å². The molecule has 0 aliphatic heterocycles. The van der Waals surface area contributed by atoms with E-state index in [0.29, 0.717) is 33.7 Å². The third-order valence-corrected chi connectivity index (χ3v) is 6.23. The molecule has 0 aliphatic carbocycles. The zero-order chi connectivity index (χ0) is 23.5. The van der Waals surface area contributed by atoms with Crippen molar-refractivity contribution < 1.29 is 9.59 Å². The van der Waals surface area contributed by atoms with Crippen molar-refractivity contribution in [2.75, 3.05) is 39.5 Å². The Kier molecular flexibility index (Phi) is 10.1. The van der Waals surface area contributed by atoms with Gasteiger partial charge in [0.05, 0.1) is 27.8 Å². The number of benzene rings is 2. The van der Waals surface area contributed by atoms with Crippen LogP contribution in [0.4, 0.5) is 11.1 Å². The number of anilines is 2. The minimum atomic E-state index is -0.325. The number of halogens is 3. The molecule has 35 heavy (non-hydrogen) atoms. The Morgan fingerprint density at radius 1 is 1.09 bits per heavy atom.